The maximum absolute atomic E-state index is 11.7. The first-order valence-electron chi connectivity index (χ1n) is 6.03. The van der Waals surface area contributed by atoms with Gasteiger partial charge in [-0.1, -0.05) is 0 Å². The minimum Gasteiger partial charge on any atom is -0.466 e. The van der Waals surface area contributed by atoms with E-state index >= 15 is 0 Å². The summed E-state index contributed by atoms with van der Waals surface area (Å²) < 4.78 is 10.4. The van der Waals surface area contributed by atoms with Gasteiger partial charge >= 0.3 is 5.97 Å². The number of esters is 1. The van der Waals surface area contributed by atoms with E-state index in [9.17, 15) is 4.79 Å². The molecule has 0 aromatic heterocycles. The van der Waals surface area contributed by atoms with E-state index in [0.29, 0.717) is 11.5 Å². The fourth-order valence-electron chi connectivity index (χ4n) is 2.21. The van der Waals surface area contributed by atoms with Crippen molar-refractivity contribution >= 4 is 11.9 Å². The lowest BCUT2D eigenvalue weighted by atomic mass is 10.1. The van der Waals surface area contributed by atoms with Gasteiger partial charge in [0.2, 0.25) is 12.0 Å². The van der Waals surface area contributed by atoms with E-state index in [-0.39, 0.29) is 5.97 Å². The SMILES string of the molecule is COC(=O)C1OC(c2ccc(C#N)cc2)=NC12CC2. The zero-order chi connectivity index (χ0) is 13.5. The molecule has 3 rings (SSSR count). The molecule has 1 aliphatic carbocycles. The summed E-state index contributed by atoms with van der Waals surface area (Å²) in [5, 5.41) is 8.76. The lowest BCUT2D eigenvalue weighted by molar-refractivity contribution is -0.149. The molecule has 1 aromatic rings. The van der Waals surface area contributed by atoms with Crippen LogP contribution in [0.25, 0.3) is 0 Å². The zero-order valence-corrected chi connectivity index (χ0v) is 10.4. The van der Waals surface area contributed by atoms with Gasteiger partial charge in [0.05, 0.1) is 18.7 Å². The summed E-state index contributed by atoms with van der Waals surface area (Å²) in [6.07, 6.45) is 1.04. The quantitative estimate of drug-likeness (QED) is 0.750. The van der Waals surface area contributed by atoms with Gasteiger partial charge in [0.1, 0.15) is 5.54 Å². The van der Waals surface area contributed by atoms with Crippen LogP contribution in [0.4, 0.5) is 0 Å². The average molecular weight is 256 g/mol. The van der Waals surface area contributed by atoms with Crippen molar-refractivity contribution in [3.8, 4) is 6.07 Å². The topological polar surface area (TPSA) is 71.7 Å². The van der Waals surface area contributed by atoms with E-state index in [1.807, 2.05) is 0 Å². The Morgan fingerprint density at radius 1 is 1.47 bits per heavy atom. The Balaban J connectivity index is 1.87. The second-order valence-corrected chi connectivity index (χ2v) is 4.73. The highest BCUT2D eigenvalue weighted by Gasteiger charge is 2.59. The predicted molar refractivity (Wildman–Crippen MR) is 66.5 cm³/mol. The van der Waals surface area contributed by atoms with Crippen LogP contribution in [0.2, 0.25) is 0 Å². The Kier molecular flexibility index (Phi) is 2.53. The molecule has 0 radical (unpaired) electrons. The van der Waals surface area contributed by atoms with Crippen LogP contribution in [0.5, 0.6) is 0 Å². The number of carbonyl (C=O) groups is 1. The van der Waals surface area contributed by atoms with Gasteiger partial charge in [-0.05, 0) is 37.1 Å². The Bertz CT molecular complexity index is 594. The Morgan fingerprint density at radius 2 is 2.16 bits per heavy atom. The monoisotopic (exact) mass is 256 g/mol. The van der Waals surface area contributed by atoms with Gasteiger partial charge in [0, 0.05) is 5.56 Å². The highest BCUT2D eigenvalue weighted by atomic mass is 16.6. The molecule has 0 bridgehead atoms. The first-order valence-corrected chi connectivity index (χ1v) is 6.03. The molecular weight excluding hydrogens is 244 g/mol. The highest BCUT2D eigenvalue weighted by Crippen LogP contribution is 2.48. The molecule has 1 aromatic carbocycles. The van der Waals surface area contributed by atoms with E-state index < -0.39 is 11.6 Å². The molecule has 1 aliphatic heterocycles. The van der Waals surface area contributed by atoms with E-state index in [1.165, 1.54) is 7.11 Å². The van der Waals surface area contributed by atoms with Crippen molar-refractivity contribution in [3.05, 3.63) is 35.4 Å². The summed E-state index contributed by atoms with van der Waals surface area (Å²) in [6, 6.07) is 9.00. The average Bonchev–Trinajstić information content (AvgIpc) is 3.11. The van der Waals surface area contributed by atoms with Gasteiger partial charge in [-0.25, -0.2) is 9.79 Å². The third-order valence-electron chi connectivity index (χ3n) is 3.48. The predicted octanol–water partition coefficient (Wildman–Crippen LogP) is 1.41. The van der Waals surface area contributed by atoms with Crippen LogP contribution in [0.1, 0.15) is 24.0 Å². The maximum atomic E-state index is 11.7. The van der Waals surface area contributed by atoms with Crippen molar-refractivity contribution in [3.63, 3.8) is 0 Å². The van der Waals surface area contributed by atoms with Crippen LogP contribution in [0.3, 0.4) is 0 Å². The molecule has 0 amide bonds. The summed E-state index contributed by atoms with van der Waals surface area (Å²) in [7, 11) is 1.35. The zero-order valence-electron chi connectivity index (χ0n) is 10.4. The van der Waals surface area contributed by atoms with Crippen LogP contribution in [0, 0.1) is 11.3 Å². The van der Waals surface area contributed by atoms with E-state index in [1.54, 1.807) is 24.3 Å². The number of hydrogen-bond acceptors (Lipinski definition) is 5. The number of nitrogens with zero attached hydrogens (tertiary/aromatic N) is 2. The summed E-state index contributed by atoms with van der Waals surface area (Å²) >= 11 is 0. The first kappa shape index (κ1) is 11.7. The summed E-state index contributed by atoms with van der Waals surface area (Å²) in [6.45, 7) is 0. The van der Waals surface area contributed by atoms with Crippen molar-refractivity contribution in [1.82, 2.24) is 0 Å². The molecule has 19 heavy (non-hydrogen) atoms. The minimum absolute atomic E-state index is 0.384. The normalized spacial score (nSPS) is 22.3. The third kappa shape index (κ3) is 1.85. The summed E-state index contributed by atoms with van der Waals surface area (Å²) in [4.78, 5) is 16.2. The molecular formula is C14H12N2O3. The van der Waals surface area contributed by atoms with Gasteiger partial charge in [-0.3, -0.25) is 0 Å². The van der Waals surface area contributed by atoms with Gasteiger partial charge < -0.3 is 9.47 Å². The van der Waals surface area contributed by atoms with E-state index in [0.717, 1.165) is 18.4 Å². The molecule has 0 N–H and O–H groups in total. The molecule has 1 saturated carbocycles. The van der Waals surface area contributed by atoms with Crippen molar-refractivity contribution in [2.75, 3.05) is 7.11 Å². The highest BCUT2D eigenvalue weighted by molar-refractivity contribution is 5.99. The van der Waals surface area contributed by atoms with Crippen LogP contribution < -0.4 is 0 Å². The molecule has 0 saturated heterocycles. The number of methoxy groups -OCH3 is 1. The number of benzene rings is 1. The standard InChI is InChI=1S/C14H12N2O3/c1-18-13(17)11-14(6-7-14)16-12(19-11)10-4-2-9(8-15)3-5-10/h2-5,11H,6-7H2,1H3. The molecule has 5 nitrogen and oxygen atoms in total. The van der Waals surface area contributed by atoms with Crippen LogP contribution in [-0.4, -0.2) is 30.6 Å². The molecule has 96 valence electrons. The number of hydrogen-bond donors (Lipinski definition) is 0. The molecule has 1 unspecified atom stereocenters. The van der Waals surface area contributed by atoms with Crippen LogP contribution in [-0.2, 0) is 14.3 Å². The Hall–Kier alpha value is -2.35. The molecule has 5 heteroatoms. The number of ether oxygens (including phenoxy) is 2. The smallest absolute Gasteiger partial charge is 0.349 e. The van der Waals surface area contributed by atoms with E-state index in [2.05, 4.69) is 11.1 Å². The summed E-state index contributed by atoms with van der Waals surface area (Å²) in [5.74, 6) is 0.0716. The lowest BCUT2D eigenvalue weighted by Gasteiger charge is -2.13. The minimum atomic E-state index is -0.636. The number of rotatable bonds is 2. The van der Waals surface area contributed by atoms with Gasteiger partial charge in [-0.2, -0.15) is 5.26 Å². The molecule has 2 aliphatic rings. The Labute approximate surface area is 110 Å². The second kappa shape index (κ2) is 4.09. The van der Waals surface area contributed by atoms with Crippen molar-refractivity contribution in [2.24, 2.45) is 4.99 Å². The van der Waals surface area contributed by atoms with Crippen molar-refractivity contribution < 1.29 is 14.3 Å². The van der Waals surface area contributed by atoms with Gasteiger partial charge in [0.15, 0.2) is 0 Å². The fourth-order valence-corrected chi connectivity index (χ4v) is 2.21. The molecule has 1 fully saturated rings. The Morgan fingerprint density at radius 3 is 2.68 bits per heavy atom. The molecule has 1 spiro atoms. The van der Waals surface area contributed by atoms with E-state index in [4.69, 9.17) is 14.7 Å². The van der Waals surface area contributed by atoms with Gasteiger partial charge in [-0.15, -0.1) is 0 Å². The first-order chi connectivity index (χ1) is 9.18. The number of nitriles is 1. The number of carbonyl (C=O) groups excluding carboxylic acids is 1. The molecule has 1 atom stereocenters. The van der Waals surface area contributed by atoms with Crippen LogP contribution in [0.15, 0.2) is 29.3 Å². The number of aliphatic imine (C=N–C) groups is 1. The summed E-state index contributed by atoms with van der Waals surface area (Å²) in [5.41, 5.74) is 0.931. The maximum Gasteiger partial charge on any atom is 0.349 e. The third-order valence-corrected chi connectivity index (χ3v) is 3.48. The lowest BCUT2D eigenvalue weighted by Crippen LogP contribution is -2.34. The van der Waals surface area contributed by atoms with Crippen molar-refractivity contribution in [1.29, 1.82) is 5.26 Å². The fraction of sp³-hybridized carbons (Fsp3) is 0.357. The largest absolute Gasteiger partial charge is 0.466 e. The second-order valence-electron chi connectivity index (χ2n) is 4.73. The van der Waals surface area contributed by atoms with Gasteiger partial charge in [0.25, 0.3) is 0 Å². The van der Waals surface area contributed by atoms with Crippen LogP contribution >= 0.6 is 0 Å². The van der Waals surface area contributed by atoms with Crippen molar-refractivity contribution in [2.45, 2.75) is 24.5 Å². The molecule has 1 heterocycles.